The van der Waals surface area contributed by atoms with Crippen LogP contribution in [0.3, 0.4) is 0 Å². The predicted octanol–water partition coefficient (Wildman–Crippen LogP) is 1.62. The minimum Gasteiger partial charge on any atom is -0.655 e. The van der Waals surface area contributed by atoms with Gasteiger partial charge in [-0.2, -0.15) is 0 Å². The maximum atomic E-state index is 6.25. The van der Waals surface area contributed by atoms with Crippen molar-refractivity contribution in [2.45, 2.75) is 26.2 Å². The number of hydrogen-bond donors (Lipinski definition) is 0. The van der Waals surface area contributed by atoms with Crippen molar-refractivity contribution in [3.8, 4) is 0 Å². The summed E-state index contributed by atoms with van der Waals surface area (Å²) in [6.07, 6.45) is 0. The van der Waals surface area contributed by atoms with E-state index in [0.717, 1.165) is 26.2 Å². The van der Waals surface area contributed by atoms with Crippen LogP contribution >= 0.6 is 0 Å². The summed E-state index contributed by atoms with van der Waals surface area (Å²) in [6.45, 7) is 7.96. The molecule has 172 valence electrons. The van der Waals surface area contributed by atoms with E-state index in [4.69, 9.17) is 11.8 Å². The van der Waals surface area contributed by atoms with Gasteiger partial charge in [0.2, 0.25) is 0 Å². The van der Waals surface area contributed by atoms with Gasteiger partial charge in [-0.1, -0.05) is 144 Å². The third-order valence-electron chi connectivity index (χ3n) is 4.55. The molecule has 4 aromatic rings. The molecule has 0 aliphatic rings. The first kappa shape index (κ1) is 35.2. The van der Waals surface area contributed by atoms with E-state index in [1.54, 1.807) is 0 Å². The topological polar surface area (TPSA) is 52.0 Å². The van der Waals surface area contributed by atoms with Gasteiger partial charge in [-0.3, -0.25) is 0 Å². The molecule has 0 saturated carbocycles. The molecule has 0 aliphatic heterocycles. The molecule has 0 saturated heterocycles. The van der Waals surface area contributed by atoms with E-state index in [-0.39, 0.29) is 54.8 Å². The maximum Gasteiger partial charge on any atom is 1.00 e. The molecule has 35 heavy (non-hydrogen) atoms. The van der Waals surface area contributed by atoms with Crippen molar-refractivity contribution in [2.24, 2.45) is 0 Å². The monoisotopic (exact) mass is 495 g/mol. The molecule has 4 rings (SSSR count). The molecule has 0 aliphatic carbocycles. The summed E-state index contributed by atoms with van der Waals surface area (Å²) in [6, 6.07) is 41.4. The molecule has 0 atom stereocenters. The van der Waals surface area contributed by atoms with Gasteiger partial charge in [0, 0.05) is 0 Å². The second-order valence-corrected chi connectivity index (χ2v) is 7.02. The zero-order valence-corrected chi connectivity index (χ0v) is 21.5. The Morgan fingerprint density at radius 2 is 0.571 bits per heavy atom. The van der Waals surface area contributed by atoms with E-state index in [1.807, 2.05) is 72.8 Å². The zero-order chi connectivity index (χ0) is 22.7. The quantitative estimate of drug-likeness (QED) is 0.271. The summed E-state index contributed by atoms with van der Waals surface area (Å²) in [5, 5.41) is 15.3. The fourth-order valence-corrected chi connectivity index (χ4v) is 2.96. The first-order valence-corrected chi connectivity index (χ1v) is 10.5. The van der Waals surface area contributed by atoms with Gasteiger partial charge in [-0.25, -0.2) is 0 Å². The Labute approximate surface area is 245 Å². The van der Waals surface area contributed by atoms with Crippen molar-refractivity contribution in [1.29, 1.82) is 5.26 Å². The van der Waals surface area contributed by atoms with Crippen LogP contribution in [0, 0.1) is 11.8 Å². The van der Waals surface area contributed by atoms with E-state index in [1.165, 1.54) is 22.3 Å². The smallest absolute Gasteiger partial charge is 0.655 e. The first-order valence-electron chi connectivity index (χ1n) is 10.5. The zero-order valence-electron chi connectivity index (χ0n) is 20.5. The standard InChI is InChI=1S/2C14H14N.CN.Cu.2Li/c2*1-3-7-13(8-4-1)11-15-12-14-9-5-2-6-10-14;1-2;;;/h2*1-10H,11-12H2;;;;/q3*-1;3*+1. The van der Waals surface area contributed by atoms with Crippen molar-refractivity contribution >= 4 is 0 Å². The van der Waals surface area contributed by atoms with E-state index in [2.05, 4.69) is 59.2 Å². The number of nitrogens with zero attached hydrogens (tertiary/aromatic N) is 3. The number of benzene rings is 4. The largest absolute Gasteiger partial charge is 1.00 e. The summed E-state index contributed by atoms with van der Waals surface area (Å²) >= 11 is 0. The number of rotatable bonds is 8. The van der Waals surface area contributed by atoms with E-state index in [9.17, 15) is 0 Å². The fraction of sp³-hybridized carbons (Fsp3) is 0.138. The SMILES string of the molecule is [C-]#N.[Cu+].[Li+].[Li+].c1ccc(C[N-]Cc2ccccc2)cc1.c1ccc(C[N-]Cc2ccccc2)cc1. The second kappa shape index (κ2) is 23.7. The van der Waals surface area contributed by atoms with Gasteiger partial charge >= 0.3 is 54.8 Å². The normalized spacial score (nSPS) is 8.74. The van der Waals surface area contributed by atoms with Crippen LogP contribution in [0.15, 0.2) is 121 Å². The van der Waals surface area contributed by atoms with E-state index >= 15 is 0 Å². The van der Waals surface area contributed by atoms with Crippen molar-refractivity contribution in [2.75, 3.05) is 0 Å². The summed E-state index contributed by atoms with van der Waals surface area (Å²) in [7, 11) is 0. The molecule has 0 heterocycles. The third kappa shape index (κ3) is 16.3. The molecule has 0 aromatic heterocycles. The van der Waals surface area contributed by atoms with Crippen molar-refractivity contribution in [3.63, 3.8) is 0 Å². The molecule has 0 N–H and O–H groups in total. The summed E-state index contributed by atoms with van der Waals surface area (Å²) < 4.78 is 0. The molecule has 0 unspecified atom stereocenters. The average Bonchev–Trinajstić information content (AvgIpc) is 2.88. The van der Waals surface area contributed by atoms with Crippen LogP contribution in [0.1, 0.15) is 22.3 Å². The van der Waals surface area contributed by atoms with Crippen LogP contribution in [0.4, 0.5) is 0 Å². The third-order valence-corrected chi connectivity index (χ3v) is 4.55. The van der Waals surface area contributed by atoms with Crippen LogP contribution in [-0.2, 0) is 43.2 Å². The van der Waals surface area contributed by atoms with Gasteiger partial charge < -0.3 is 22.5 Å². The Hall–Kier alpha value is -2.00. The number of hydrogen-bond acceptors (Lipinski definition) is 1. The van der Waals surface area contributed by atoms with Gasteiger partial charge in [-0.15, -0.1) is 26.2 Å². The molecule has 0 bridgehead atoms. The molecule has 0 fully saturated rings. The van der Waals surface area contributed by atoms with Crippen LogP contribution in [-0.4, -0.2) is 0 Å². The Kier molecular flexibility index (Phi) is 23.8. The minimum absolute atomic E-state index is 0. The molecule has 3 nitrogen and oxygen atoms in total. The van der Waals surface area contributed by atoms with Gasteiger partial charge in [0.1, 0.15) is 0 Å². The maximum absolute atomic E-state index is 6.25. The van der Waals surface area contributed by atoms with Gasteiger partial charge in [0.25, 0.3) is 0 Å². The van der Waals surface area contributed by atoms with E-state index < -0.39 is 0 Å². The van der Waals surface area contributed by atoms with E-state index in [0.29, 0.717) is 0 Å². The summed E-state index contributed by atoms with van der Waals surface area (Å²) in [5.41, 5.74) is 5.09. The Morgan fingerprint density at radius 1 is 0.400 bits per heavy atom. The molecule has 4 aromatic carbocycles. The predicted molar refractivity (Wildman–Crippen MR) is 132 cm³/mol. The van der Waals surface area contributed by atoms with Gasteiger partial charge in [0.05, 0.1) is 0 Å². The molecule has 0 amide bonds. The Balaban J connectivity index is 0. The molecule has 6 heteroatoms. The van der Waals surface area contributed by atoms with Gasteiger partial charge in [-0.05, 0) is 0 Å². The molecule has 0 spiro atoms. The molecular weight excluding hydrogens is 468 g/mol. The van der Waals surface area contributed by atoms with Crippen molar-refractivity contribution in [3.05, 3.63) is 161 Å². The Bertz CT molecular complexity index is 827. The fourth-order valence-electron chi connectivity index (χ4n) is 2.96. The van der Waals surface area contributed by atoms with Crippen LogP contribution in [0.2, 0.25) is 0 Å². The summed E-state index contributed by atoms with van der Waals surface area (Å²) in [5.74, 6) is 0. The molecule has 0 radical (unpaired) electrons. The van der Waals surface area contributed by atoms with Crippen LogP contribution < -0.4 is 37.7 Å². The summed E-state index contributed by atoms with van der Waals surface area (Å²) in [4.78, 5) is 0. The van der Waals surface area contributed by atoms with Crippen LogP contribution in [0.25, 0.3) is 10.6 Å². The second-order valence-electron chi connectivity index (χ2n) is 7.02. The van der Waals surface area contributed by atoms with Crippen molar-refractivity contribution in [1.82, 2.24) is 0 Å². The average molecular weight is 496 g/mol. The molecular formula is C29H28CuLi2N3. The van der Waals surface area contributed by atoms with Crippen LogP contribution in [0.5, 0.6) is 0 Å². The minimum atomic E-state index is 0. The Morgan fingerprint density at radius 3 is 0.743 bits per heavy atom. The first-order chi connectivity index (χ1) is 15.9. The van der Waals surface area contributed by atoms with Crippen molar-refractivity contribution < 1.29 is 54.8 Å². The van der Waals surface area contributed by atoms with Gasteiger partial charge in [0.15, 0.2) is 0 Å².